The Balaban J connectivity index is 2.69. The van der Waals surface area contributed by atoms with E-state index in [2.05, 4.69) is 79.1 Å². The van der Waals surface area contributed by atoms with Crippen LogP contribution in [0.2, 0.25) is 0 Å². The second-order valence-corrected chi connectivity index (χ2v) is 35.8. The Morgan fingerprint density at radius 2 is 0.489 bits per heavy atom. The van der Waals surface area contributed by atoms with E-state index in [1.807, 2.05) is 69.2 Å². The summed E-state index contributed by atoms with van der Waals surface area (Å²) in [4.78, 5) is 211. The maximum absolute atomic E-state index is 15.0. The number of nitrogens with one attached hydrogen (secondary N) is 13. The second kappa shape index (κ2) is 64.8. The van der Waals surface area contributed by atoms with Gasteiger partial charge in [0.2, 0.25) is 76.8 Å². The Hall–Kier alpha value is -10.9. The van der Waals surface area contributed by atoms with Gasteiger partial charge in [0.15, 0.2) is 11.9 Å². The Labute approximate surface area is 772 Å². The minimum atomic E-state index is -1.48. The summed E-state index contributed by atoms with van der Waals surface area (Å²) in [7, 11) is 0. The number of phenolic OH excluding ortho intramolecular Hbond substituents is 1. The van der Waals surface area contributed by atoms with Crippen molar-refractivity contribution in [3.8, 4) is 5.75 Å². The molecule has 0 radical (unpaired) electrons. The van der Waals surface area contributed by atoms with Crippen molar-refractivity contribution in [3.63, 3.8) is 0 Å². The molecule has 0 unspecified atom stereocenters. The average Bonchev–Trinajstić information content (AvgIpc) is 0.869. The molecule has 131 heavy (non-hydrogen) atoms. The van der Waals surface area contributed by atoms with E-state index in [9.17, 15) is 63.0 Å². The third-order valence-corrected chi connectivity index (χ3v) is 21.4. The summed E-state index contributed by atoms with van der Waals surface area (Å²) in [6.45, 7) is 19.5. The molecule has 41 heteroatoms. The summed E-state index contributed by atoms with van der Waals surface area (Å²) >= 11 is 0. The Morgan fingerprint density at radius 1 is 0.275 bits per heavy atom. The number of nitrogens with two attached hydrogens (primary N) is 10. The van der Waals surface area contributed by atoms with Crippen molar-refractivity contribution >= 4 is 94.7 Å². The molecule has 2 aromatic rings. The first-order valence-corrected chi connectivity index (χ1v) is 46.4. The number of nitrogens with zero attached hydrogens (tertiary/aromatic N) is 2. The smallest absolute Gasteiger partial charge is 0.326 e. The van der Waals surface area contributed by atoms with E-state index in [4.69, 9.17) is 57.3 Å². The first kappa shape index (κ1) is 116. The number of carboxylic acid groups (broad SMARTS) is 1. The van der Waals surface area contributed by atoms with Crippen molar-refractivity contribution < 1.29 is 77.3 Å². The van der Waals surface area contributed by atoms with Crippen molar-refractivity contribution in [2.24, 2.45) is 96.9 Å². The van der Waals surface area contributed by atoms with Gasteiger partial charge >= 0.3 is 5.97 Å². The summed E-state index contributed by atoms with van der Waals surface area (Å²) in [6, 6.07) is -3.99. The maximum atomic E-state index is 15.0. The van der Waals surface area contributed by atoms with Crippen LogP contribution in [0.25, 0.3) is 0 Å². The molecule has 0 aliphatic heterocycles. The van der Waals surface area contributed by atoms with Gasteiger partial charge in [0.1, 0.15) is 84.3 Å². The van der Waals surface area contributed by atoms with Crippen LogP contribution in [0.3, 0.4) is 0 Å². The lowest BCUT2D eigenvalue weighted by Gasteiger charge is -2.29. The number of aromatic hydroxyl groups is 1. The van der Waals surface area contributed by atoms with Crippen LogP contribution in [-0.4, -0.2) is 235 Å². The van der Waals surface area contributed by atoms with Gasteiger partial charge in [-0.1, -0.05) is 112 Å². The van der Waals surface area contributed by atoms with Crippen molar-refractivity contribution in [1.29, 1.82) is 0 Å². The van der Waals surface area contributed by atoms with E-state index < -0.39 is 167 Å². The predicted octanol–water partition coefficient (Wildman–Crippen LogP) is -1.13. The van der Waals surface area contributed by atoms with Crippen molar-refractivity contribution in [2.75, 3.05) is 45.8 Å². The van der Waals surface area contributed by atoms with Gasteiger partial charge in [-0.25, -0.2) is 4.79 Å². The number of benzene rings is 2. The van der Waals surface area contributed by atoms with Crippen molar-refractivity contribution in [2.45, 2.75) is 321 Å². The van der Waals surface area contributed by atoms with Crippen LogP contribution in [0, 0.1) is 29.6 Å². The number of aliphatic carboxylic acids is 1. The fourth-order valence-electron chi connectivity index (χ4n) is 14.5. The Morgan fingerprint density at radius 3 is 0.740 bits per heavy atom. The van der Waals surface area contributed by atoms with Crippen molar-refractivity contribution in [3.05, 3.63) is 65.7 Å². The molecule has 740 valence electrons. The molecule has 0 spiro atoms. The molecule has 0 heterocycles. The van der Waals surface area contributed by atoms with Gasteiger partial charge in [-0.15, -0.1) is 0 Å². The predicted molar refractivity (Wildman–Crippen MR) is 504 cm³/mol. The number of aliphatic imine (C=N–C) groups is 2. The van der Waals surface area contributed by atoms with Gasteiger partial charge in [0.05, 0.1) is 6.04 Å². The lowest BCUT2D eigenvalue weighted by Crippen LogP contribution is -2.61. The van der Waals surface area contributed by atoms with E-state index in [1.54, 1.807) is 30.3 Å². The van der Waals surface area contributed by atoms with E-state index >= 15 is 14.4 Å². The Bertz CT molecular complexity index is 3870. The van der Waals surface area contributed by atoms with Gasteiger partial charge in [0, 0.05) is 25.9 Å². The van der Waals surface area contributed by atoms with E-state index in [-0.39, 0.29) is 215 Å². The quantitative estimate of drug-likeness (QED) is 0.0212. The molecule has 0 fully saturated rings. The molecule has 0 aliphatic rings. The van der Waals surface area contributed by atoms with Crippen LogP contribution in [0.15, 0.2) is 64.6 Å². The molecule has 0 saturated heterocycles. The number of rotatable bonds is 69. The summed E-state index contributed by atoms with van der Waals surface area (Å²) < 4.78 is 0. The van der Waals surface area contributed by atoms with Gasteiger partial charge in [0.25, 0.3) is 0 Å². The molecular formula is C90H159N25O16. The molecule has 35 N–H and O–H groups in total. The lowest BCUT2D eigenvalue weighted by atomic mass is 9.98. The summed E-state index contributed by atoms with van der Waals surface area (Å²) in [6.07, 6.45) is 3.56. The molecule has 14 atom stereocenters. The van der Waals surface area contributed by atoms with Gasteiger partial charge in [-0.3, -0.25) is 72.3 Å². The number of phenols is 1. The topological polar surface area (TPSA) is 721 Å². The van der Waals surface area contributed by atoms with Crippen molar-refractivity contribution in [1.82, 2.24) is 69.1 Å². The number of carbonyl (C=O) groups is 14. The van der Waals surface area contributed by atoms with Crippen LogP contribution in [-0.2, 0) is 80.0 Å². The van der Waals surface area contributed by atoms with Gasteiger partial charge in [-0.05, 0) is 240 Å². The number of guanidine groups is 2. The van der Waals surface area contributed by atoms with E-state index in [0.717, 1.165) is 0 Å². The van der Waals surface area contributed by atoms with E-state index in [1.165, 1.54) is 24.3 Å². The highest BCUT2D eigenvalue weighted by Crippen LogP contribution is 2.19. The SMILES string of the molecule is CC(C)C[C@H](NC(=O)[C@H](CC(C)C)NC(=O)[C@H](Cc1ccccc1)NC(=O)[C@H](CC(C)C)NC(=O)[C@H](CC(C)C)NC(=O)[C@@H](N)CC(C)C)C(=O)N[C@@H](CCCCN)C(=O)N[C@@H](CCCCN)C(=O)N[C@@H](CCCN=C(N)N)C(=O)N[C@@H](CCCCN)C(=O)N[C@@H](CCCCN)C(=O)N[C@@H](CCCN=C(N)N)C(=O)N[C@@H](CCCCN)C(=O)N[C@@H](Cc1ccc(O)cc1)C(=O)O. The normalized spacial score (nSPS) is 14.6. The Kier molecular flexibility index (Phi) is 57.5. The second-order valence-electron chi connectivity index (χ2n) is 35.8. The number of hydrogen-bond acceptors (Lipinski definition) is 23. The number of hydrogen-bond donors (Lipinski definition) is 25. The molecule has 0 saturated carbocycles. The highest BCUT2D eigenvalue weighted by Gasteiger charge is 2.39. The summed E-state index contributed by atoms with van der Waals surface area (Å²) in [5, 5.41) is 56.0. The molecule has 0 aromatic heterocycles. The zero-order valence-electron chi connectivity index (χ0n) is 78.8. The van der Waals surface area contributed by atoms with Crippen LogP contribution in [0.1, 0.15) is 234 Å². The molecule has 0 aliphatic carbocycles. The molecule has 2 rings (SSSR count). The summed E-state index contributed by atoms with van der Waals surface area (Å²) in [5.41, 5.74) is 59.6. The fourth-order valence-corrected chi connectivity index (χ4v) is 14.5. The minimum absolute atomic E-state index is 0.00631. The number of unbranched alkanes of at least 4 members (excludes halogenated alkanes) is 5. The molecule has 0 bridgehead atoms. The maximum Gasteiger partial charge on any atom is 0.326 e. The molecule has 13 amide bonds. The van der Waals surface area contributed by atoms with Crippen LogP contribution in [0.4, 0.5) is 0 Å². The fraction of sp³-hybridized carbons (Fsp3) is 0.689. The third-order valence-electron chi connectivity index (χ3n) is 21.4. The van der Waals surface area contributed by atoms with Crippen LogP contribution >= 0.6 is 0 Å². The third kappa shape index (κ3) is 49.3. The molecular weight excluding hydrogens is 1690 g/mol. The molecule has 2 aromatic carbocycles. The van der Waals surface area contributed by atoms with Gasteiger partial charge < -0.3 is 137 Å². The zero-order valence-corrected chi connectivity index (χ0v) is 78.8. The number of carbonyl (C=O) groups excluding carboxylic acids is 13. The highest BCUT2D eigenvalue weighted by molar-refractivity contribution is 6.00. The molecule has 41 nitrogen and oxygen atoms in total. The average molecular weight is 1850 g/mol. The largest absolute Gasteiger partial charge is 0.508 e. The lowest BCUT2D eigenvalue weighted by molar-refractivity contribution is -0.142. The minimum Gasteiger partial charge on any atom is -0.508 e. The van der Waals surface area contributed by atoms with Crippen LogP contribution in [0.5, 0.6) is 5.75 Å². The zero-order chi connectivity index (χ0) is 98.2. The first-order chi connectivity index (χ1) is 62.1. The van der Waals surface area contributed by atoms with Gasteiger partial charge in [-0.2, -0.15) is 0 Å². The monoisotopic (exact) mass is 1850 g/mol. The number of carboxylic acids is 1. The standard InChI is InChI=1S/C90H159N25O16/c1-53(2)46-61(96)75(117)110-69(47-54(3)4)84(126)112-72(50-57(9)10)86(128)114-73(51-58-26-12-11-13-27-58)87(129)113-71(49-56(7)8)85(127)111-70(48-55(5)6)83(125)109-65(31-17-22-42-94)79(121)104-64(30-16-21-41-93)78(120)107-67(33-24-44-101-89(97)98)80(122)105-62(28-14-19-39-91)76(118)103-63(29-15-20-40-92)77(119)108-68(34-25-45-102-90(99)100)81(123)106-66(32-18-23-43-95)82(124)115-74(88(130)131)52-59-35-37-60(116)38-36-59/h11-13,26-27,35-38,53-57,61-74,116H,14-25,28-34,39-52,91-96H2,1-10H3,(H,103,118)(H,104,121)(H,105,122)(H,106,123)(H,107,120)(H,108,119)(H,109,125)(H,110,117)(H,111,127)(H,112,126)(H,113,129)(H,114,128)(H,115,124)(H,130,131)(H4,97,98,101)(H4,99,100,102)/t61-,62-,63-,64-,65-,66-,67-,68-,69-,70-,71-,72-,73-,74-/m0/s1. The number of amides is 13. The summed E-state index contributed by atoms with van der Waals surface area (Å²) in [5.74, 6) is -12.8. The van der Waals surface area contributed by atoms with E-state index in [0.29, 0.717) is 56.1 Å². The first-order valence-electron chi connectivity index (χ1n) is 46.4. The highest BCUT2D eigenvalue weighted by atomic mass is 16.4. The van der Waals surface area contributed by atoms with Crippen LogP contribution < -0.4 is 126 Å².